The van der Waals surface area contributed by atoms with Gasteiger partial charge in [-0.25, -0.2) is 44.3 Å². The maximum atomic E-state index is 12.3. The number of anilines is 6. The van der Waals surface area contributed by atoms with Gasteiger partial charge in [-0.3, -0.25) is 53.3 Å². The number of carbonyl (C=O) groups excluding carboxylic acids is 4. The van der Waals surface area contributed by atoms with Crippen molar-refractivity contribution in [3.05, 3.63) is 156 Å². The van der Waals surface area contributed by atoms with E-state index in [1.807, 2.05) is 0 Å². The molecule has 0 fully saturated rings. The molecule has 20 N–H and O–H groups in total. The Morgan fingerprint density at radius 1 is 0.418 bits per heavy atom. The standard InChI is InChI=1S/3C19H19N7O6.Cu.K/c3*20-19-25-15-14(17(30)26-19)23-11(8-22-15)7-21-10-3-1-9(2-4-10)16(29)24-12(18(31)32)5-6-13(27)28;;/h3*1-4,8,12,21H,5-7H2,(H,24,29)(H,27,28)(H,31,32)(H3,20,22,25,26,30);;/q;;;;+1/p-1/t3*12-;;/m000../s1. The molecule has 41 heteroatoms. The van der Waals surface area contributed by atoms with Gasteiger partial charge in [-0.15, -0.1) is 0 Å². The van der Waals surface area contributed by atoms with Crippen molar-refractivity contribution < 1.29 is 142 Å². The number of hydrogen-bond donors (Lipinski definition) is 17. The van der Waals surface area contributed by atoms with Gasteiger partial charge in [0.05, 0.1) is 55.3 Å². The van der Waals surface area contributed by atoms with Gasteiger partial charge >= 0.3 is 81.2 Å². The Kier molecular flexibility index (Phi) is 28.7. The van der Waals surface area contributed by atoms with Gasteiger partial charge in [0.25, 0.3) is 34.4 Å². The molecule has 3 aromatic carbocycles. The molecule has 9 rings (SSSR count). The van der Waals surface area contributed by atoms with E-state index in [9.17, 15) is 62.6 Å². The third kappa shape index (κ3) is 23.2. The monoisotopic (exact) mass is 1420 g/mol. The number of carboxylic acids is 6. The van der Waals surface area contributed by atoms with Crippen molar-refractivity contribution in [2.45, 2.75) is 76.3 Å². The van der Waals surface area contributed by atoms with Crippen LogP contribution < -0.4 is 122 Å². The number of benzene rings is 3. The van der Waals surface area contributed by atoms with Gasteiger partial charge in [0.15, 0.2) is 33.5 Å². The Bertz CT molecular complexity index is 4150. The fourth-order valence-electron chi connectivity index (χ4n) is 8.26. The number of nitrogens with zero attached hydrogens (tertiary/aromatic N) is 9. The Balaban J connectivity index is 0.000000263. The van der Waals surface area contributed by atoms with Gasteiger partial charge in [-0.1, -0.05) is 0 Å². The van der Waals surface area contributed by atoms with Crippen LogP contribution in [0.15, 0.2) is 106 Å². The van der Waals surface area contributed by atoms with Gasteiger partial charge < -0.3 is 84.5 Å². The second kappa shape index (κ2) is 36.4. The quantitative estimate of drug-likeness (QED) is 0.0216. The van der Waals surface area contributed by atoms with E-state index in [0.29, 0.717) is 34.1 Å². The molecule has 3 atom stereocenters. The van der Waals surface area contributed by atoms with Gasteiger partial charge in [0, 0.05) is 69.6 Å². The SMILES string of the molecule is Nc1nc2ncc(CNc3ccc(C(=O)N[C@@H](CCC(=O)O)C(=O)O)cc3)nc2c(=O)[nH]1.Nc1nc2ncc(CNc3ccc(C(=O)N[C@@H](CCC(=O)O)C(=O)O)cc3)nc2c(=O)[nH]1.Nc1nc2ncc(CNc3ccc(C(=O)N[C@@H](CCC(=O)[O-])C(=O)O)cc3)nc2c(=O)[nH]1.[Cu].[K+]. The zero-order valence-corrected chi connectivity index (χ0v) is 54.9. The Hall–Kier alpha value is -11.5. The second-order valence-corrected chi connectivity index (χ2v) is 20.1. The molecule has 0 aliphatic carbocycles. The first-order chi connectivity index (χ1) is 45.7. The number of rotatable bonds is 27. The van der Waals surface area contributed by atoms with Crippen LogP contribution in [-0.2, 0) is 65.5 Å². The average molecular weight is 1430 g/mol. The number of nitrogens with two attached hydrogens (primary N) is 3. The predicted molar refractivity (Wildman–Crippen MR) is 333 cm³/mol. The van der Waals surface area contributed by atoms with Crippen molar-refractivity contribution in [3.8, 4) is 0 Å². The fourth-order valence-corrected chi connectivity index (χ4v) is 8.26. The summed E-state index contributed by atoms with van der Waals surface area (Å²) in [6.07, 6.45) is 2.34. The molecular weight excluding hydrogens is 1370 g/mol. The van der Waals surface area contributed by atoms with Crippen LogP contribution in [0.3, 0.4) is 0 Å². The molecule has 0 saturated heterocycles. The maximum Gasteiger partial charge on any atom is 1.00 e. The number of nitrogens with one attached hydrogen (secondary N) is 9. The molecule has 1 radical (unpaired) electrons. The summed E-state index contributed by atoms with van der Waals surface area (Å²) in [5.41, 5.74) is 19.4. The minimum absolute atomic E-state index is 0. The fraction of sp³-hybridized carbons (Fsp3) is 0.211. The zero-order valence-electron chi connectivity index (χ0n) is 50.9. The average Bonchev–Trinajstić information content (AvgIpc) is 0.829. The first kappa shape index (κ1) is 77.2. The third-order valence-corrected chi connectivity index (χ3v) is 13.1. The van der Waals surface area contributed by atoms with Crippen molar-refractivity contribution in [1.29, 1.82) is 0 Å². The molecule has 6 heterocycles. The summed E-state index contributed by atoms with van der Waals surface area (Å²) < 4.78 is 0. The molecule has 98 heavy (non-hydrogen) atoms. The van der Waals surface area contributed by atoms with Crippen molar-refractivity contribution in [2.24, 2.45) is 0 Å². The smallest absolute Gasteiger partial charge is 0.550 e. The molecule has 0 bridgehead atoms. The normalized spacial score (nSPS) is 11.4. The van der Waals surface area contributed by atoms with Crippen LogP contribution in [0, 0.1) is 0 Å². The Labute approximate surface area is 601 Å². The number of aromatic nitrogens is 12. The largest absolute Gasteiger partial charge is 1.00 e. The molecule has 39 nitrogen and oxygen atoms in total. The second-order valence-electron chi connectivity index (χ2n) is 20.1. The van der Waals surface area contributed by atoms with Crippen LogP contribution in [0.25, 0.3) is 33.5 Å². The number of nitrogen functional groups attached to an aromatic ring is 3. The minimum atomic E-state index is -1.40. The Morgan fingerprint density at radius 3 is 0.908 bits per heavy atom. The van der Waals surface area contributed by atoms with Crippen molar-refractivity contribution in [3.63, 3.8) is 0 Å². The zero-order chi connectivity index (χ0) is 69.8. The summed E-state index contributed by atoms with van der Waals surface area (Å²) in [5, 5.41) is 71.4. The molecule has 3 amide bonds. The van der Waals surface area contributed by atoms with E-state index in [4.69, 9.17) is 42.7 Å². The molecule has 9 aromatic rings. The maximum absolute atomic E-state index is 12.3. The summed E-state index contributed by atoms with van der Waals surface area (Å²) in [4.78, 5) is 181. The van der Waals surface area contributed by atoms with Gasteiger partial charge in [-0.2, -0.15) is 15.0 Å². The molecule has 0 spiro atoms. The van der Waals surface area contributed by atoms with E-state index >= 15 is 0 Å². The van der Waals surface area contributed by atoms with E-state index in [-0.39, 0.29) is 188 Å². The molecular formula is C57H56CuKN21O18. The van der Waals surface area contributed by atoms with Crippen LogP contribution in [0.4, 0.5) is 34.9 Å². The number of aromatic amines is 3. The van der Waals surface area contributed by atoms with Gasteiger partial charge in [0.1, 0.15) is 18.1 Å². The predicted octanol–water partition coefficient (Wildman–Crippen LogP) is -4.47. The van der Waals surface area contributed by atoms with E-state index in [0.717, 1.165) is 0 Å². The first-order valence-electron chi connectivity index (χ1n) is 28.0. The number of aliphatic carboxylic acids is 6. The summed E-state index contributed by atoms with van der Waals surface area (Å²) in [7, 11) is 0. The third-order valence-electron chi connectivity index (χ3n) is 13.1. The Morgan fingerprint density at radius 2 is 0.673 bits per heavy atom. The number of H-pyrrole nitrogens is 3. The van der Waals surface area contributed by atoms with Crippen LogP contribution in [0.2, 0.25) is 0 Å². The van der Waals surface area contributed by atoms with E-state index in [1.54, 1.807) is 36.4 Å². The van der Waals surface area contributed by atoms with Gasteiger partial charge in [0.2, 0.25) is 17.8 Å². The van der Waals surface area contributed by atoms with E-state index in [2.05, 4.69) is 91.7 Å². The minimum Gasteiger partial charge on any atom is -0.550 e. The number of amides is 3. The van der Waals surface area contributed by atoms with Crippen molar-refractivity contribution >= 4 is 122 Å². The molecule has 0 aliphatic heterocycles. The number of carboxylic acid groups (broad SMARTS) is 6. The van der Waals surface area contributed by atoms with E-state index < -0.39 is 94.8 Å². The molecule has 509 valence electrons. The topological polar surface area (TPSA) is 643 Å². The number of hydrogen-bond acceptors (Lipinski definition) is 28. The molecule has 0 unspecified atom stereocenters. The molecule has 0 aliphatic rings. The van der Waals surface area contributed by atoms with Crippen LogP contribution in [0.5, 0.6) is 0 Å². The summed E-state index contributed by atoms with van der Waals surface area (Å²) in [5.74, 6) is -9.77. The summed E-state index contributed by atoms with van der Waals surface area (Å²) >= 11 is 0. The molecule has 0 saturated carbocycles. The number of fused-ring (bicyclic) bond motifs is 3. The van der Waals surface area contributed by atoms with Crippen LogP contribution >= 0.6 is 0 Å². The van der Waals surface area contributed by atoms with E-state index in [1.165, 1.54) is 55.0 Å². The first-order valence-corrected chi connectivity index (χ1v) is 28.0. The molecule has 6 aromatic heterocycles. The van der Waals surface area contributed by atoms with Crippen LogP contribution in [0.1, 0.15) is 86.7 Å². The van der Waals surface area contributed by atoms with Gasteiger partial charge in [-0.05, 0) is 98.5 Å². The van der Waals surface area contributed by atoms with Crippen LogP contribution in [-0.4, -0.2) is 157 Å². The van der Waals surface area contributed by atoms with Crippen molar-refractivity contribution in [2.75, 3.05) is 33.2 Å². The number of carbonyl (C=O) groups is 9. The summed E-state index contributed by atoms with van der Waals surface area (Å²) in [6.45, 7) is 0.686. The summed E-state index contributed by atoms with van der Waals surface area (Å²) in [6, 6.07) is 14.5. The van der Waals surface area contributed by atoms with Crippen molar-refractivity contribution in [1.82, 2.24) is 75.8 Å².